The summed E-state index contributed by atoms with van der Waals surface area (Å²) in [5.41, 5.74) is 7.81. The summed E-state index contributed by atoms with van der Waals surface area (Å²) in [7, 11) is 0. The van der Waals surface area contributed by atoms with E-state index in [2.05, 4.69) is 20.9 Å². The van der Waals surface area contributed by atoms with Crippen LogP contribution < -0.4 is 21.7 Å². The molecule has 0 spiro atoms. The molecule has 2 aromatic rings. The molecule has 0 aliphatic rings. The number of aliphatic hydroxyl groups is 1. The lowest BCUT2D eigenvalue weighted by Gasteiger charge is -2.22. The van der Waals surface area contributed by atoms with Crippen LogP contribution in [0.5, 0.6) is 0 Å². The van der Waals surface area contributed by atoms with E-state index in [-0.39, 0.29) is 18.8 Å². The van der Waals surface area contributed by atoms with E-state index in [1.807, 2.05) is 38.1 Å². The Labute approximate surface area is 191 Å². The molecule has 1 aromatic carbocycles. The summed E-state index contributed by atoms with van der Waals surface area (Å²) >= 11 is 0. The smallest absolute Gasteiger partial charge is 0.328 e. The van der Waals surface area contributed by atoms with Crippen LogP contribution in [0.3, 0.4) is 0 Å². The molecule has 1 heterocycles. The van der Waals surface area contributed by atoms with Gasteiger partial charge in [0.05, 0.1) is 19.2 Å². The number of aromatic amines is 1. The zero-order valence-electron chi connectivity index (χ0n) is 18.6. The molecular weight excluding hydrogens is 430 g/mol. The molecule has 0 fully saturated rings. The Morgan fingerprint density at radius 3 is 2.39 bits per heavy atom. The number of carbonyl (C=O) groups excluding carboxylic acids is 3. The minimum Gasteiger partial charge on any atom is -0.480 e. The number of para-hydroxylation sites is 1. The van der Waals surface area contributed by atoms with Crippen LogP contribution in [-0.4, -0.2) is 70.2 Å². The van der Waals surface area contributed by atoms with Gasteiger partial charge in [-0.1, -0.05) is 32.0 Å². The second-order valence-corrected chi connectivity index (χ2v) is 8.22. The second-order valence-electron chi connectivity index (χ2n) is 8.22. The monoisotopic (exact) mass is 461 g/mol. The molecule has 3 unspecified atom stereocenters. The Morgan fingerprint density at radius 1 is 1.06 bits per heavy atom. The third-order valence-corrected chi connectivity index (χ3v) is 5.03. The highest BCUT2D eigenvalue weighted by atomic mass is 16.4. The average Bonchev–Trinajstić information content (AvgIpc) is 3.17. The lowest BCUT2D eigenvalue weighted by molar-refractivity contribution is -0.143. The number of fused-ring (bicyclic) bond motifs is 1. The van der Waals surface area contributed by atoms with Crippen molar-refractivity contribution in [2.45, 2.75) is 44.8 Å². The van der Waals surface area contributed by atoms with Gasteiger partial charge in [-0.25, -0.2) is 4.79 Å². The molecule has 2 rings (SSSR count). The van der Waals surface area contributed by atoms with Crippen LogP contribution in [0.25, 0.3) is 10.9 Å². The van der Waals surface area contributed by atoms with Crippen molar-refractivity contribution in [1.82, 2.24) is 20.9 Å². The van der Waals surface area contributed by atoms with Crippen molar-refractivity contribution in [1.29, 1.82) is 0 Å². The predicted molar refractivity (Wildman–Crippen MR) is 121 cm³/mol. The molecule has 11 nitrogen and oxygen atoms in total. The molecule has 8 N–H and O–H groups in total. The molecule has 3 atom stereocenters. The lowest BCUT2D eigenvalue weighted by atomic mass is 10.0. The number of nitrogens with two attached hydrogens (primary N) is 1. The summed E-state index contributed by atoms with van der Waals surface area (Å²) in [4.78, 5) is 51.3. The topological polar surface area (TPSA) is 187 Å². The molecule has 0 saturated carbocycles. The van der Waals surface area contributed by atoms with Gasteiger partial charge in [0.2, 0.25) is 17.7 Å². The van der Waals surface area contributed by atoms with Crippen molar-refractivity contribution in [3.63, 3.8) is 0 Å². The summed E-state index contributed by atoms with van der Waals surface area (Å²) in [6.07, 6.45) is 2.30. The van der Waals surface area contributed by atoms with Crippen LogP contribution in [0.1, 0.15) is 25.8 Å². The number of carboxylic acid groups (broad SMARTS) is 1. The molecule has 0 bridgehead atoms. The van der Waals surface area contributed by atoms with Crippen molar-refractivity contribution >= 4 is 34.6 Å². The Bertz CT molecular complexity index is 989. The number of carboxylic acids is 1. The van der Waals surface area contributed by atoms with Gasteiger partial charge in [0.15, 0.2) is 0 Å². The van der Waals surface area contributed by atoms with Crippen LogP contribution in [-0.2, 0) is 25.6 Å². The number of carbonyl (C=O) groups is 4. The largest absolute Gasteiger partial charge is 0.480 e. The normalized spacial score (nSPS) is 13.8. The standard InChI is InChI=1S/C22H31N5O6/c1-12(2)7-17(21(31)27-18(11-28)22(32)33)26-19(29)10-25-20(30)15(23)8-13-9-24-16-6-4-3-5-14(13)16/h3-6,9,12,15,17-18,24,28H,7-8,10-11,23H2,1-2H3,(H,25,30)(H,26,29)(H,27,31)(H,32,33). The fourth-order valence-corrected chi connectivity index (χ4v) is 3.33. The fraction of sp³-hybridized carbons (Fsp3) is 0.455. The summed E-state index contributed by atoms with van der Waals surface area (Å²) in [5.74, 6) is -3.26. The van der Waals surface area contributed by atoms with Gasteiger partial charge in [-0.3, -0.25) is 14.4 Å². The summed E-state index contributed by atoms with van der Waals surface area (Å²) in [6, 6.07) is 4.23. The van der Waals surface area contributed by atoms with E-state index >= 15 is 0 Å². The molecule has 11 heteroatoms. The Hall–Kier alpha value is -3.44. The van der Waals surface area contributed by atoms with Crippen LogP contribution in [0.2, 0.25) is 0 Å². The number of H-pyrrole nitrogens is 1. The van der Waals surface area contributed by atoms with Crippen molar-refractivity contribution in [3.05, 3.63) is 36.0 Å². The molecule has 0 aliphatic heterocycles. The van der Waals surface area contributed by atoms with Crippen LogP contribution in [0.4, 0.5) is 0 Å². The van der Waals surface area contributed by atoms with Crippen LogP contribution in [0, 0.1) is 5.92 Å². The molecule has 3 amide bonds. The highest BCUT2D eigenvalue weighted by Crippen LogP contribution is 2.18. The first kappa shape index (κ1) is 25.8. The molecular formula is C22H31N5O6. The van der Waals surface area contributed by atoms with Gasteiger partial charge in [0.25, 0.3) is 0 Å². The minimum absolute atomic E-state index is 0.0117. The first-order chi connectivity index (χ1) is 15.6. The van der Waals surface area contributed by atoms with E-state index in [4.69, 9.17) is 15.9 Å². The molecule has 33 heavy (non-hydrogen) atoms. The number of benzene rings is 1. The first-order valence-corrected chi connectivity index (χ1v) is 10.6. The highest BCUT2D eigenvalue weighted by molar-refractivity contribution is 5.93. The maximum atomic E-state index is 12.4. The van der Waals surface area contributed by atoms with Crippen molar-refractivity contribution in [2.75, 3.05) is 13.2 Å². The highest BCUT2D eigenvalue weighted by Gasteiger charge is 2.27. The summed E-state index contributed by atoms with van der Waals surface area (Å²) < 4.78 is 0. The minimum atomic E-state index is -1.48. The first-order valence-electron chi connectivity index (χ1n) is 10.6. The molecule has 180 valence electrons. The number of nitrogens with one attached hydrogen (secondary N) is 4. The maximum absolute atomic E-state index is 12.4. The molecule has 0 aliphatic carbocycles. The van der Waals surface area contributed by atoms with E-state index in [1.54, 1.807) is 6.20 Å². The third kappa shape index (κ3) is 7.58. The summed E-state index contributed by atoms with van der Waals surface area (Å²) in [5, 5.41) is 26.2. The lowest BCUT2D eigenvalue weighted by Crippen LogP contribution is -2.54. The Balaban J connectivity index is 1.90. The quantitative estimate of drug-likeness (QED) is 0.216. The van der Waals surface area contributed by atoms with Gasteiger partial charge in [-0.05, 0) is 30.4 Å². The fourth-order valence-electron chi connectivity index (χ4n) is 3.33. The number of hydrogen-bond donors (Lipinski definition) is 7. The number of aromatic nitrogens is 1. The van der Waals surface area contributed by atoms with Crippen LogP contribution in [0.15, 0.2) is 30.5 Å². The van der Waals surface area contributed by atoms with E-state index in [0.717, 1.165) is 16.5 Å². The third-order valence-electron chi connectivity index (χ3n) is 5.03. The zero-order valence-corrected chi connectivity index (χ0v) is 18.6. The SMILES string of the molecule is CC(C)CC(NC(=O)CNC(=O)C(N)Cc1c[nH]c2ccccc12)C(=O)NC(CO)C(=O)O. The molecule has 0 radical (unpaired) electrons. The van der Waals surface area contributed by atoms with Crippen molar-refractivity contribution in [2.24, 2.45) is 11.7 Å². The van der Waals surface area contributed by atoms with Crippen LogP contribution >= 0.6 is 0 Å². The second kappa shape index (κ2) is 12.0. The van der Waals surface area contributed by atoms with E-state index in [1.165, 1.54) is 0 Å². The van der Waals surface area contributed by atoms with Crippen molar-refractivity contribution in [3.8, 4) is 0 Å². The van der Waals surface area contributed by atoms with Gasteiger partial charge < -0.3 is 36.9 Å². The molecule has 1 aromatic heterocycles. The number of hydrogen-bond acceptors (Lipinski definition) is 6. The van der Waals surface area contributed by atoms with Gasteiger partial charge in [-0.2, -0.15) is 0 Å². The van der Waals surface area contributed by atoms with Gasteiger partial charge >= 0.3 is 5.97 Å². The van der Waals surface area contributed by atoms with Gasteiger partial charge in [-0.15, -0.1) is 0 Å². The number of rotatable bonds is 12. The predicted octanol–water partition coefficient (Wildman–Crippen LogP) is -0.753. The number of aliphatic hydroxyl groups excluding tert-OH is 1. The maximum Gasteiger partial charge on any atom is 0.328 e. The average molecular weight is 462 g/mol. The Morgan fingerprint density at radius 2 is 1.76 bits per heavy atom. The van der Waals surface area contributed by atoms with E-state index in [9.17, 15) is 19.2 Å². The van der Waals surface area contributed by atoms with E-state index < -0.39 is 55.0 Å². The van der Waals surface area contributed by atoms with Gasteiger partial charge in [0, 0.05) is 17.1 Å². The van der Waals surface area contributed by atoms with Gasteiger partial charge in [0.1, 0.15) is 12.1 Å². The van der Waals surface area contributed by atoms with Crippen molar-refractivity contribution < 1.29 is 29.4 Å². The Kier molecular flexibility index (Phi) is 9.37. The molecule has 0 saturated heterocycles. The zero-order chi connectivity index (χ0) is 24.5. The number of aliphatic carboxylic acids is 1. The van der Waals surface area contributed by atoms with E-state index in [0.29, 0.717) is 0 Å². The summed E-state index contributed by atoms with van der Waals surface area (Å²) in [6.45, 7) is 2.48. The number of amides is 3.